The van der Waals surface area contributed by atoms with E-state index in [1.807, 2.05) is 6.92 Å². The first-order chi connectivity index (χ1) is 10.5. The number of hydrogen-bond donors (Lipinski definition) is 1. The van der Waals surface area contributed by atoms with Crippen molar-refractivity contribution in [3.05, 3.63) is 70.7 Å². The minimum atomic E-state index is -0.181. The SMILES string of the molecule is CC(C)Cc1ccc([C@H](C)NC(=O)c2cc[n+]([O-])cc2)cc1. The zero-order valence-corrected chi connectivity index (χ0v) is 13.2. The van der Waals surface area contributed by atoms with E-state index in [1.54, 1.807) is 0 Å². The van der Waals surface area contributed by atoms with Crippen molar-refractivity contribution in [3.8, 4) is 0 Å². The Balaban J connectivity index is 2.00. The predicted molar refractivity (Wildman–Crippen MR) is 86.3 cm³/mol. The average molecular weight is 298 g/mol. The number of rotatable bonds is 5. The number of nitrogens with zero attached hydrogens (tertiary/aromatic N) is 1. The zero-order chi connectivity index (χ0) is 16.1. The van der Waals surface area contributed by atoms with Crippen molar-refractivity contribution in [1.82, 2.24) is 5.32 Å². The molecule has 2 rings (SSSR count). The van der Waals surface area contributed by atoms with Crippen LogP contribution in [0.15, 0.2) is 48.8 Å². The molecule has 0 fully saturated rings. The van der Waals surface area contributed by atoms with Crippen molar-refractivity contribution >= 4 is 5.91 Å². The molecule has 1 heterocycles. The van der Waals surface area contributed by atoms with E-state index in [0.29, 0.717) is 16.2 Å². The van der Waals surface area contributed by atoms with Gasteiger partial charge in [0.2, 0.25) is 0 Å². The average Bonchev–Trinajstić information content (AvgIpc) is 2.48. The lowest BCUT2D eigenvalue weighted by Crippen LogP contribution is -2.29. The smallest absolute Gasteiger partial charge is 0.252 e. The molecular weight excluding hydrogens is 276 g/mol. The maximum atomic E-state index is 12.1. The van der Waals surface area contributed by atoms with E-state index in [-0.39, 0.29) is 11.9 Å². The molecule has 0 spiro atoms. The maximum absolute atomic E-state index is 12.1. The van der Waals surface area contributed by atoms with E-state index >= 15 is 0 Å². The van der Waals surface area contributed by atoms with Crippen LogP contribution in [0.5, 0.6) is 0 Å². The molecule has 0 unspecified atom stereocenters. The summed E-state index contributed by atoms with van der Waals surface area (Å²) in [6, 6.07) is 11.3. The summed E-state index contributed by atoms with van der Waals surface area (Å²) in [5.74, 6) is 0.448. The van der Waals surface area contributed by atoms with Gasteiger partial charge in [-0.3, -0.25) is 4.79 Å². The molecule has 1 atom stereocenters. The van der Waals surface area contributed by atoms with Gasteiger partial charge in [-0.1, -0.05) is 38.1 Å². The van der Waals surface area contributed by atoms with E-state index in [0.717, 1.165) is 12.0 Å². The van der Waals surface area contributed by atoms with Crippen LogP contribution in [0, 0.1) is 11.1 Å². The molecule has 1 N–H and O–H groups in total. The number of benzene rings is 1. The normalized spacial score (nSPS) is 12.2. The molecule has 0 aliphatic heterocycles. The molecule has 22 heavy (non-hydrogen) atoms. The summed E-state index contributed by atoms with van der Waals surface area (Å²) in [6.45, 7) is 6.34. The summed E-state index contributed by atoms with van der Waals surface area (Å²) in [6.07, 6.45) is 3.70. The van der Waals surface area contributed by atoms with Crippen molar-refractivity contribution in [2.45, 2.75) is 33.2 Å². The fraction of sp³-hybridized carbons (Fsp3) is 0.333. The van der Waals surface area contributed by atoms with Crippen molar-refractivity contribution in [2.75, 3.05) is 0 Å². The number of nitrogens with one attached hydrogen (secondary N) is 1. The van der Waals surface area contributed by atoms with Crippen LogP contribution in [0.4, 0.5) is 0 Å². The van der Waals surface area contributed by atoms with Gasteiger partial charge in [-0.05, 0) is 30.4 Å². The van der Waals surface area contributed by atoms with Gasteiger partial charge in [-0.2, -0.15) is 4.73 Å². The molecule has 1 amide bonds. The van der Waals surface area contributed by atoms with Crippen LogP contribution in [-0.2, 0) is 6.42 Å². The molecule has 2 aromatic rings. The Labute approximate surface area is 131 Å². The number of amides is 1. The molecule has 4 nitrogen and oxygen atoms in total. The summed E-state index contributed by atoms with van der Waals surface area (Å²) in [4.78, 5) is 12.1. The van der Waals surface area contributed by atoms with Gasteiger partial charge in [-0.25, -0.2) is 0 Å². The molecule has 0 bridgehead atoms. The van der Waals surface area contributed by atoms with Crippen LogP contribution >= 0.6 is 0 Å². The number of carbonyl (C=O) groups excluding carboxylic acids is 1. The molecule has 116 valence electrons. The van der Waals surface area contributed by atoms with E-state index < -0.39 is 0 Å². The third kappa shape index (κ3) is 4.32. The largest absolute Gasteiger partial charge is 0.619 e. The molecule has 0 aliphatic carbocycles. The van der Waals surface area contributed by atoms with Crippen LogP contribution in [0.2, 0.25) is 0 Å². The second kappa shape index (κ2) is 7.07. The van der Waals surface area contributed by atoms with Gasteiger partial charge >= 0.3 is 0 Å². The van der Waals surface area contributed by atoms with Gasteiger partial charge in [0.05, 0.1) is 11.6 Å². The Kier molecular flexibility index (Phi) is 5.15. The van der Waals surface area contributed by atoms with Crippen LogP contribution in [0.3, 0.4) is 0 Å². The Morgan fingerprint density at radius 3 is 2.23 bits per heavy atom. The third-order valence-electron chi connectivity index (χ3n) is 3.54. The first-order valence-corrected chi connectivity index (χ1v) is 7.54. The Hall–Kier alpha value is -2.36. The highest BCUT2D eigenvalue weighted by Crippen LogP contribution is 2.16. The number of pyridine rings is 1. The summed E-state index contributed by atoms with van der Waals surface area (Å²) in [5, 5.41) is 13.9. The highest BCUT2D eigenvalue weighted by molar-refractivity contribution is 5.94. The highest BCUT2D eigenvalue weighted by Gasteiger charge is 2.12. The molecule has 0 aliphatic rings. The lowest BCUT2D eigenvalue weighted by molar-refractivity contribution is -0.605. The van der Waals surface area contributed by atoms with E-state index in [2.05, 4.69) is 43.4 Å². The Morgan fingerprint density at radius 2 is 1.68 bits per heavy atom. The van der Waals surface area contributed by atoms with E-state index in [4.69, 9.17) is 0 Å². The maximum Gasteiger partial charge on any atom is 0.252 e. The van der Waals surface area contributed by atoms with Crippen molar-refractivity contribution < 1.29 is 9.52 Å². The summed E-state index contributed by atoms with van der Waals surface area (Å²) in [5.41, 5.74) is 2.85. The third-order valence-corrected chi connectivity index (χ3v) is 3.54. The monoisotopic (exact) mass is 298 g/mol. The fourth-order valence-electron chi connectivity index (χ4n) is 2.34. The molecule has 0 saturated carbocycles. The second-order valence-electron chi connectivity index (χ2n) is 5.98. The lowest BCUT2D eigenvalue weighted by atomic mass is 10.00. The summed E-state index contributed by atoms with van der Waals surface area (Å²) in [7, 11) is 0. The summed E-state index contributed by atoms with van der Waals surface area (Å²) < 4.78 is 0.660. The Bertz CT molecular complexity index is 619. The highest BCUT2D eigenvalue weighted by atomic mass is 16.5. The number of hydrogen-bond acceptors (Lipinski definition) is 2. The second-order valence-corrected chi connectivity index (χ2v) is 5.98. The quantitative estimate of drug-likeness (QED) is 0.681. The standard InChI is InChI=1S/C18H22N2O2/c1-13(2)12-15-4-6-16(7-5-15)14(3)19-18(21)17-8-10-20(22)11-9-17/h4-11,13-14H,12H2,1-3H3,(H,19,21)/t14-/m0/s1. The van der Waals surface area contributed by atoms with E-state index in [1.165, 1.54) is 30.1 Å². The topological polar surface area (TPSA) is 56.0 Å². The molecular formula is C18H22N2O2. The molecule has 1 aromatic carbocycles. The van der Waals surface area contributed by atoms with Crippen LogP contribution in [-0.4, -0.2) is 5.91 Å². The lowest BCUT2D eigenvalue weighted by Gasteiger charge is -2.15. The summed E-state index contributed by atoms with van der Waals surface area (Å²) >= 11 is 0. The zero-order valence-electron chi connectivity index (χ0n) is 13.2. The van der Waals surface area contributed by atoms with Crippen molar-refractivity contribution in [3.63, 3.8) is 0 Å². The predicted octanol–water partition coefficient (Wildman–Crippen LogP) is 3.01. The molecule has 0 saturated heterocycles. The van der Waals surface area contributed by atoms with Gasteiger partial charge < -0.3 is 10.5 Å². The molecule has 0 radical (unpaired) electrons. The number of aromatic nitrogens is 1. The van der Waals surface area contributed by atoms with Gasteiger partial charge in [-0.15, -0.1) is 0 Å². The Morgan fingerprint density at radius 1 is 1.09 bits per heavy atom. The first kappa shape index (κ1) is 16.0. The van der Waals surface area contributed by atoms with Crippen LogP contribution in [0.1, 0.15) is 48.3 Å². The van der Waals surface area contributed by atoms with Crippen molar-refractivity contribution in [2.24, 2.45) is 5.92 Å². The van der Waals surface area contributed by atoms with Gasteiger partial charge in [0, 0.05) is 12.1 Å². The molecule has 4 heteroatoms. The molecule has 1 aromatic heterocycles. The number of carbonyl (C=O) groups is 1. The van der Waals surface area contributed by atoms with E-state index in [9.17, 15) is 10.0 Å². The van der Waals surface area contributed by atoms with Gasteiger partial charge in [0.25, 0.3) is 5.91 Å². The van der Waals surface area contributed by atoms with Crippen molar-refractivity contribution in [1.29, 1.82) is 0 Å². The van der Waals surface area contributed by atoms with Gasteiger partial charge in [0.15, 0.2) is 12.4 Å². The van der Waals surface area contributed by atoms with Gasteiger partial charge in [0.1, 0.15) is 0 Å². The minimum Gasteiger partial charge on any atom is -0.619 e. The van der Waals surface area contributed by atoms with Crippen LogP contribution < -0.4 is 10.0 Å². The fourth-order valence-corrected chi connectivity index (χ4v) is 2.34. The van der Waals surface area contributed by atoms with Crippen LogP contribution in [0.25, 0.3) is 0 Å². The first-order valence-electron chi connectivity index (χ1n) is 7.54. The minimum absolute atomic E-state index is 0.0832.